The Bertz CT molecular complexity index is 696. The van der Waals surface area contributed by atoms with Crippen molar-refractivity contribution in [2.24, 2.45) is 0 Å². The molecule has 0 aliphatic carbocycles. The highest BCUT2D eigenvalue weighted by Crippen LogP contribution is 2.18. The third-order valence-corrected chi connectivity index (χ3v) is 5.39. The Kier molecular flexibility index (Phi) is 5.43. The van der Waals surface area contributed by atoms with Crippen LogP contribution in [0.3, 0.4) is 0 Å². The first-order valence-electron chi connectivity index (χ1n) is 8.29. The van der Waals surface area contributed by atoms with Gasteiger partial charge in [-0.2, -0.15) is 0 Å². The predicted octanol–water partition coefficient (Wildman–Crippen LogP) is 3.12. The van der Waals surface area contributed by atoms with Crippen LogP contribution in [0, 0.1) is 13.8 Å². The van der Waals surface area contributed by atoms with Crippen molar-refractivity contribution in [3.63, 3.8) is 0 Å². The van der Waals surface area contributed by atoms with Gasteiger partial charge in [0.05, 0.1) is 12.2 Å². The average molecular weight is 341 g/mol. The minimum atomic E-state index is 0.0967. The Morgan fingerprint density at radius 2 is 1.88 bits per heavy atom. The van der Waals surface area contributed by atoms with Crippen molar-refractivity contribution in [1.29, 1.82) is 0 Å². The summed E-state index contributed by atoms with van der Waals surface area (Å²) in [6.45, 7) is 8.44. The Morgan fingerprint density at radius 1 is 1.17 bits per heavy atom. The molecule has 2 heterocycles. The number of hydrogen-bond donors (Lipinski definition) is 0. The number of aryl methyl sites for hydroxylation is 2. The van der Waals surface area contributed by atoms with E-state index in [2.05, 4.69) is 23.7 Å². The first-order valence-corrected chi connectivity index (χ1v) is 9.11. The van der Waals surface area contributed by atoms with Gasteiger partial charge in [0.15, 0.2) is 0 Å². The third-order valence-electron chi connectivity index (χ3n) is 4.33. The second-order valence-electron chi connectivity index (χ2n) is 6.09. The zero-order valence-corrected chi connectivity index (χ0v) is 15.1. The van der Waals surface area contributed by atoms with Gasteiger partial charge in [0.1, 0.15) is 5.01 Å². The number of amides is 1. The van der Waals surface area contributed by atoms with E-state index in [1.807, 2.05) is 41.3 Å². The van der Waals surface area contributed by atoms with Crippen molar-refractivity contribution in [2.45, 2.75) is 20.4 Å². The van der Waals surface area contributed by atoms with E-state index in [1.165, 1.54) is 9.88 Å². The zero-order chi connectivity index (χ0) is 16.9. The van der Waals surface area contributed by atoms with E-state index in [0.717, 1.165) is 44.0 Å². The number of benzene rings is 1. The Labute approximate surface area is 147 Å². The SMILES string of the molecule is Cc1nc(CN2CCN(C(=O)/C=C/c3ccccc3)CC2)sc1C. The number of aromatic nitrogens is 1. The summed E-state index contributed by atoms with van der Waals surface area (Å²) in [7, 11) is 0. The molecule has 2 aromatic rings. The molecule has 1 saturated heterocycles. The summed E-state index contributed by atoms with van der Waals surface area (Å²) in [6.07, 6.45) is 3.56. The lowest BCUT2D eigenvalue weighted by atomic mass is 10.2. The molecule has 1 aliphatic rings. The van der Waals surface area contributed by atoms with Crippen LogP contribution in [0.25, 0.3) is 6.08 Å². The summed E-state index contributed by atoms with van der Waals surface area (Å²) >= 11 is 1.78. The Balaban J connectivity index is 1.49. The van der Waals surface area contributed by atoms with E-state index >= 15 is 0 Å². The van der Waals surface area contributed by atoms with E-state index in [-0.39, 0.29) is 5.91 Å². The number of nitrogens with zero attached hydrogens (tertiary/aromatic N) is 3. The largest absolute Gasteiger partial charge is 0.337 e. The minimum Gasteiger partial charge on any atom is -0.337 e. The van der Waals surface area contributed by atoms with Crippen LogP contribution in [0.5, 0.6) is 0 Å². The van der Waals surface area contributed by atoms with Crippen molar-refractivity contribution >= 4 is 23.3 Å². The zero-order valence-electron chi connectivity index (χ0n) is 14.2. The molecule has 126 valence electrons. The monoisotopic (exact) mass is 341 g/mol. The van der Waals surface area contributed by atoms with Gasteiger partial charge >= 0.3 is 0 Å². The van der Waals surface area contributed by atoms with Crippen molar-refractivity contribution in [3.05, 3.63) is 57.6 Å². The van der Waals surface area contributed by atoms with Gasteiger partial charge in [-0.15, -0.1) is 11.3 Å². The van der Waals surface area contributed by atoms with Gasteiger partial charge in [0, 0.05) is 37.1 Å². The molecule has 1 aliphatic heterocycles. The van der Waals surface area contributed by atoms with Gasteiger partial charge in [-0.1, -0.05) is 30.3 Å². The van der Waals surface area contributed by atoms with Gasteiger partial charge < -0.3 is 4.90 Å². The first kappa shape index (κ1) is 16.9. The van der Waals surface area contributed by atoms with Crippen LogP contribution in [0.1, 0.15) is 21.1 Å². The number of carbonyl (C=O) groups excluding carboxylic acids is 1. The van der Waals surface area contributed by atoms with E-state index in [1.54, 1.807) is 17.4 Å². The number of rotatable bonds is 4. The van der Waals surface area contributed by atoms with Crippen LogP contribution >= 0.6 is 11.3 Å². The maximum atomic E-state index is 12.3. The average Bonchev–Trinajstić information content (AvgIpc) is 2.92. The molecule has 1 fully saturated rings. The van der Waals surface area contributed by atoms with Crippen LogP contribution < -0.4 is 0 Å². The van der Waals surface area contributed by atoms with E-state index in [9.17, 15) is 4.79 Å². The molecule has 0 unspecified atom stereocenters. The normalized spacial score (nSPS) is 16.0. The summed E-state index contributed by atoms with van der Waals surface area (Å²) in [5.41, 5.74) is 2.19. The molecule has 3 rings (SSSR count). The molecule has 1 amide bonds. The van der Waals surface area contributed by atoms with Gasteiger partial charge in [-0.05, 0) is 25.5 Å². The fraction of sp³-hybridized carbons (Fsp3) is 0.368. The summed E-state index contributed by atoms with van der Waals surface area (Å²) in [5.74, 6) is 0.0967. The van der Waals surface area contributed by atoms with Crippen LogP contribution in [0.15, 0.2) is 36.4 Å². The highest BCUT2D eigenvalue weighted by molar-refractivity contribution is 7.11. The number of piperazine rings is 1. The highest BCUT2D eigenvalue weighted by atomic mass is 32.1. The lowest BCUT2D eigenvalue weighted by Gasteiger charge is -2.33. The first-order chi connectivity index (χ1) is 11.6. The van der Waals surface area contributed by atoms with Gasteiger partial charge in [0.25, 0.3) is 0 Å². The van der Waals surface area contributed by atoms with Crippen LogP contribution in [0.4, 0.5) is 0 Å². The summed E-state index contributed by atoms with van der Waals surface area (Å²) in [6, 6.07) is 9.93. The van der Waals surface area contributed by atoms with Crippen molar-refractivity contribution in [1.82, 2.24) is 14.8 Å². The highest BCUT2D eigenvalue weighted by Gasteiger charge is 2.20. The second kappa shape index (κ2) is 7.73. The fourth-order valence-corrected chi connectivity index (χ4v) is 3.74. The topological polar surface area (TPSA) is 36.4 Å². The summed E-state index contributed by atoms with van der Waals surface area (Å²) in [5, 5.41) is 1.17. The Morgan fingerprint density at radius 3 is 2.50 bits per heavy atom. The number of carbonyl (C=O) groups is 1. The molecule has 0 radical (unpaired) electrons. The summed E-state index contributed by atoms with van der Waals surface area (Å²) < 4.78 is 0. The quantitative estimate of drug-likeness (QED) is 0.802. The maximum Gasteiger partial charge on any atom is 0.246 e. The second-order valence-corrected chi connectivity index (χ2v) is 7.38. The van der Waals surface area contributed by atoms with Gasteiger partial charge in [-0.25, -0.2) is 4.98 Å². The molecule has 5 heteroatoms. The van der Waals surface area contributed by atoms with E-state index < -0.39 is 0 Å². The molecule has 0 bridgehead atoms. The molecule has 0 N–H and O–H groups in total. The van der Waals surface area contributed by atoms with Crippen LogP contribution in [-0.4, -0.2) is 46.9 Å². The molecular weight excluding hydrogens is 318 g/mol. The van der Waals surface area contributed by atoms with E-state index in [4.69, 9.17) is 0 Å². The van der Waals surface area contributed by atoms with Gasteiger partial charge in [0.2, 0.25) is 5.91 Å². The van der Waals surface area contributed by atoms with Crippen LogP contribution in [0.2, 0.25) is 0 Å². The minimum absolute atomic E-state index is 0.0967. The van der Waals surface area contributed by atoms with E-state index in [0.29, 0.717) is 0 Å². The standard InChI is InChI=1S/C19H23N3OS/c1-15-16(2)24-18(20-15)14-21-10-12-22(13-11-21)19(23)9-8-17-6-4-3-5-7-17/h3-9H,10-14H2,1-2H3/b9-8+. The smallest absolute Gasteiger partial charge is 0.246 e. The molecular formula is C19H23N3OS. The van der Waals surface area contributed by atoms with Gasteiger partial charge in [-0.3, -0.25) is 9.69 Å². The molecule has 24 heavy (non-hydrogen) atoms. The van der Waals surface area contributed by atoms with Crippen LogP contribution in [-0.2, 0) is 11.3 Å². The molecule has 0 saturated carbocycles. The van der Waals surface area contributed by atoms with Crippen molar-refractivity contribution in [3.8, 4) is 0 Å². The number of thiazole rings is 1. The number of hydrogen-bond acceptors (Lipinski definition) is 4. The Hall–Kier alpha value is -1.98. The van der Waals surface area contributed by atoms with Crippen molar-refractivity contribution < 1.29 is 4.79 Å². The fourth-order valence-electron chi connectivity index (χ4n) is 2.76. The molecule has 4 nitrogen and oxygen atoms in total. The molecule has 1 aromatic heterocycles. The molecule has 0 spiro atoms. The third kappa shape index (κ3) is 4.30. The predicted molar refractivity (Wildman–Crippen MR) is 98.9 cm³/mol. The maximum absolute atomic E-state index is 12.3. The lowest BCUT2D eigenvalue weighted by molar-refractivity contribution is -0.127. The molecule has 1 aromatic carbocycles. The lowest BCUT2D eigenvalue weighted by Crippen LogP contribution is -2.47. The summed E-state index contributed by atoms with van der Waals surface area (Å²) in [4.78, 5) is 22.5. The molecule has 0 atom stereocenters. The van der Waals surface area contributed by atoms with Crippen molar-refractivity contribution in [2.75, 3.05) is 26.2 Å².